The highest BCUT2D eigenvalue weighted by Gasteiger charge is 2.04. The van der Waals surface area contributed by atoms with Crippen LogP contribution in [0, 0.1) is 0 Å². The third kappa shape index (κ3) is 2.48. The minimum absolute atomic E-state index is 0.423. The van der Waals surface area contributed by atoms with Gasteiger partial charge in [-0.05, 0) is 36.4 Å². The minimum Gasteiger partial charge on any atom is -0.487 e. The molecule has 2 aromatic heterocycles. The molecule has 0 aliphatic carbocycles. The zero-order valence-electron chi connectivity index (χ0n) is 10.1. The molecule has 0 aliphatic rings. The molecule has 2 N–H and O–H groups in total. The van der Waals surface area contributed by atoms with E-state index in [-0.39, 0.29) is 0 Å². The van der Waals surface area contributed by atoms with Crippen molar-refractivity contribution in [3.8, 4) is 5.75 Å². The third-order valence-corrected chi connectivity index (χ3v) is 3.06. The second kappa shape index (κ2) is 4.82. The lowest BCUT2D eigenvalue weighted by Crippen LogP contribution is -2.00. The van der Waals surface area contributed by atoms with E-state index in [0.717, 1.165) is 17.1 Å². The van der Waals surface area contributed by atoms with Gasteiger partial charge in [-0.15, -0.1) is 0 Å². The van der Waals surface area contributed by atoms with Crippen molar-refractivity contribution in [1.82, 2.24) is 9.38 Å². The topological polar surface area (TPSA) is 52.5 Å². The summed E-state index contributed by atoms with van der Waals surface area (Å²) in [5.41, 5.74) is 8.26. The van der Waals surface area contributed by atoms with Crippen LogP contribution in [0.2, 0.25) is 5.02 Å². The predicted molar refractivity (Wildman–Crippen MR) is 75.4 cm³/mol. The van der Waals surface area contributed by atoms with Crippen LogP contribution in [0.4, 0.5) is 5.69 Å². The Hall–Kier alpha value is -2.20. The number of anilines is 1. The first kappa shape index (κ1) is 11.9. The van der Waals surface area contributed by atoms with E-state index < -0.39 is 0 Å². The number of nitrogen functional groups attached to an aromatic ring is 1. The van der Waals surface area contributed by atoms with Crippen molar-refractivity contribution in [3.63, 3.8) is 0 Å². The van der Waals surface area contributed by atoms with E-state index in [1.807, 2.05) is 34.9 Å². The number of aromatic nitrogens is 2. The molecule has 3 rings (SSSR count). The molecule has 0 unspecified atom stereocenters. The molecule has 2 heterocycles. The number of nitrogens with two attached hydrogens (primary N) is 1. The van der Waals surface area contributed by atoms with Crippen LogP contribution in [0.25, 0.3) is 5.65 Å². The molecule has 0 radical (unpaired) electrons. The Morgan fingerprint density at radius 1 is 1.16 bits per heavy atom. The summed E-state index contributed by atoms with van der Waals surface area (Å²) < 4.78 is 7.61. The summed E-state index contributed by atoms with van der Waals surface area (Å²) in [6.45, 7) is 0.423. The first-order valence-corrected chi connectivity index (χ1v) is 6.20. The molecule has 0 atom stereocenters. The van der Waals surface area contributed by atoms with Gasteiger partial charge < -0.3 is 10.5 Å². The lowest BCUT2D eigenvalue weighted by Gasteiger charge is -2.06. The lowest BCUT2D eigenvalue weighted by atomic mass is 10.3. The number of nitrogens with zero attached hydrogens (tertiary/aromatic N) is 2. The monoisotopic (exact) mass is 273 g/mol. The average molecular weight is 274 g/mol. The number of hydrogen-bond acceptors (Lipinski definition) is 3. The fourth-order valence-electron chi connectivity index (χ4n) is 1.84. The minimum atomic E-state index is 0.423. The van der Waals surface area contributed by atoms with Crippen molar-refractivity contribution in [2.45, 2.75) is 6.61 Å². The van der Waals surface area contributed by atoms with E-state index in [1.165, 1.54) is 0 Å². The van der Waals surface area contributed by atoms with Gasteiger partial charge in [-0.1, -0.05) is 11.6 Å². The van der Waals surface area contributed by atoms with Crippen molar-refractivity contribution >= 4 is 22.9 Å². The second-order valence-electron chi connectivity index (χ2n) is 4.18. The highest BCUT2D eigenvalue weighted by molar-refractivity contribution is 6.30. The molecule has 0 saturated heterocycles. The first-order valence-electron chi connectivity index (χ1n) is 5.82. The van der Waals surface area contributed by atoms with E-state index in [9.17, 15) is 0 Å². The molecule has 96 valence electrons. The molecule has 0 amide bonds. The summed E-state index contributed by atoms with van der Waals surface area (Å²) in [6, 6.07) is 11.0. The van der Waals surface area contributed by atoms with Crippen LogP contribution in [0.1, 0.15) is 5.69 Å². The van der Waals surface area contributed by atoms with E-state index in [2.05, 4.69) is 4.98 Å². The van der Waals surface area contributed by atoms with Crippen molar-refractivity contribution in [1.29, 1.82) is 0 Å². The fraction of sp³-hybridized carbons (Fsp3) is 0.0714. The number of rotatable bonds is 3. The quantitative estimate of drug-likeness (QED) is 0.797. The Balaban J connectivity index is 1.81. The van der Waals surface area contributed by atoms with Crippen LogP contribution in [-0.4, -0.2) is 9.38 Å². The number of fused-ring (bicyclic) bond motifs is 1. The Labute approximate surface area is 115 Å². The van der Waals surface area contributed by atoms with Crippen molar-refractivity contribution in [2.24, 2.45) is 0 Å². The highest BCUT2D eigenvalue weighted by atomic mass is 35.5. The molecule has 4 nitrogen and oxygen atoms in total. The van der Waals surface area contributed by atoms with Crippen molar-refractivity contribution in [2.75, 3.05) is 5.73 Å². The first-order chi connectivity index (χ1) is 9.22. The van der Waals surface area contributed by atoms with Gasteiger partial charge in [-0.3, -0.25) is 4.40 Å². The largest absolute Gasteiger partial charge is 0.487 e. The van der Waals surface area contributed by atoms with E-state index in [0.29, 0.717) is 17.3 Å². The summed E-state index contributed by atoms with van der Waals surface area (Å²) in [5.74, 6) is 0.767. The highest BCUT2D eigenvalue weighted by Crippen LogP contribution is 2.17. The van der Waals surface area contributed by atoms with Gasteiger partial charge in [-0.25, -0.2) is 4.98 Å². The van der Waals surface area contributed by atoms with Gasteiger partial charge in [0.25, 0.3) is 0 Å². The van der Waals surface area contributed by atoms with Crippen LogP contribution >= 0.6 is 11.6 Å². The van der Waals surface area contributed by atoms with Crippen LogP contribution < -0.4 is 10.5 Å². The Morgan fingerprint density at radius 2 is 1.95 bits per heavy atom. The third-order valence-electron chi connectivity index (χ3n) is 2.81. The zero-order valence-corrected chi connectivity index (χ0v) is 10.8. The standard InChI is InChI=1S/C14H12ClN3O/c15-10-1-4-13(5-2-10)19-9-12-7-17-14-6-3-11(16)8-18(12)14/h1-8H,9,16H2. The number of halogens is 1. The number of benzene rings is 1. The van der Waals surface area contributed by atoms with Gasteiger partial charge in [0.15, 0.2) is 0 Å². The number of pyridine rings is 1. The van der Waals surface area contributed by atoms with Crippen LogP contribution in [0.15, 0.2) is 48.8 Å². The summed E-state index contributed by atoms with van der Waals surface area (Å²) in [4.78, 5) is 4.29. The molecule has 0 saturated carbocycles. The number of hydrogen-bond donors (Lipinski definition) is 1. The summed E-state index contributed by atoms with van der Waals surface area (Å²) in [5, 5.41) is 0.690. The molecular formula is C14H12ClN3O. The normalized spacial score (nSPS) is 10.8. The zero-order chi connectivity index (χ0) is 13.2. The molecule has 0 fully saturated rings. The molecule has 0 spiro atoms. The number of imidazole rings is 1. The SMILES string of the molecule is Nc1ccc2ncc(COc3ccc(Cl)cc3)n2c1. The fourth-order valence-corrected chi connectivity index (χ4v) is 1.97. The van der Waals surface area contributed by atoms with Gasteiger partial charge in [0, 0.05) is 16.9 Å². The Bertz CT molecular complexity index is 706. The molecule has 5 heteroatoms. The van der Waals surface area contributed by atoms with E-state index in [4.69, 9.17) is 22.1 Å². The molecule has 1 aromatic carbocycles. The van der Waals surface area contributed by atoms with Crippen LogP contribution in [0.3, 0.4) is 0 Å². The lowest BCUT2D eigenvalue weighted by molar-refractivity contribution is 0.300. The van der Waals surface area contributed by atoms with Crippen LogP contribution in [0.5, 0.6) is 5.75 Å². The predicted octanol–water partition coefficient (Wildman–Crippen LogP) is 3.15. The van der Waals surface area contributed by atoms with Gasteiger partial charge in [-0.2, -0.15) is 0 Å². The molecule has 19 heavy (non-hydrogen) atoms. The van der Waals surface area contributed by atoms with Gasteiger partial charge in [0.2, 0.25) is 0 Å². The van der Waals surface area contributed by atoms with E-state index >= 15 is 0 Å². The Morgan fingerprint density at radius 3 is 2.74 bits per heavy atom. The molecule has 0 aliphatic heterocycles. The average Bonchev–Trinajstić information content (AvgIpc) is 2.80. The second-order valence-corrected chi connectivity index (χ2v) is 4.62. The molecule has 3 aromatic rings. The summed E-state index contributed by atoms with van der Waals surface area (Å²) >= 11 is 5.82. The van der Waals surface area contributed by atoms with Crippen molar-refractivity contribution < 1.29 is 4.74 Å². The maximum Gasteiger partial charge on any atom is 0.137 e. The maximum absolute atomic E-state index is 5.82. The summed E-state index contributed by atoms with van der Waals surface area (Å²) in [7, 11) is 0. The Kier molecular flexibility index (Phi) is 3.01. The molecule has 0 bridgehead atoms. The van der Waals surface area contributed by atoms with Crippen molar-refractivity contribution in [3.05, 3.63) is 59.5 Å². The number of ether oxygens (including phenoxy) is 1. The maximum atomic E-state index is 5.82. The van der Waals surface area contributed by atoms with Gasteiger partial charge in [0.05, 0.1) is 11.9 Å². The molecular weight excluding hydrogens is 262 g/mol. The smallest absolute Gasteiger partial charge is 0.137 e. The van der Waals surface area contributed by atoms with Crippen LogP contribution in [-0.2, 0) is 6.61 Å². The van der Waals surface area contributed by atoms with E-state index in [1.54, 1.807) is 18.3 Å². The van der Waals surface area contributed by atoms with Gasteiger partial charge >= 0.3 is 0 Å². The summed E-state index contributed by atoms with van der Waals surface area (Å²) in [6.07, 6.45) is 3.62. The van der Waals surface area contributed by atoms with Gasteiger partial charge in [0.1, 0.15) is 18.0 Å².